The minimum Gasteiger partial charge on any atom is -0.395 e. The van der Waals surface area contributed by atoms with Gasteiger partial charge in [0.25, 0.3) is 0 Å². The number of anilines is 1. The Balaban J connectivity index is 2.51. The van der Waals surface area contributed by atoms with Crippen molar-refractivity contribution in [3.05, 3.63) is 29.3 Å². The number of aliphatic hydroxyl groups is 1. The molecule has 2 rings (SSSR count). The highest BCUT2D eigenvalue weighted by molar-refractivity contribution is 5.95. The van der Waals surface area contributed by atoms with Crippen molar-refractivity contribution in [2.75, 3.05) is 18.5 Å². The van der Waals surface area contributed by atoms with E-state index in [0.717, 1.165) is 17.8 Å². The normalized spacial score (nSPS) is 23.4. The van der Waals surface area contributed by atoms with Gasteiger partial charge in [-0.3, -0.25) is 4.79 Å². The quantitative estimate of drug-likeness (QED) is 0.720. The highest BCUT2D eigenvalue weighted by Crippen LogP contribution is 2.36. The summed E-state index contributed by atoms with van der Waals surface area (Å²) >= 11 is 0. The number of hydrogen-bond acceptors (Lipinski definition) is 3. The van der Waals surface area contributed by atoms with Crippen LogP contribution in [-0.2, 0) is 5.41 Å². The second kappa shape index (κ2) is 3.35. The first-order valence-corrected chi connectivity index (χ1v) is 5.07. The van der Waals surface area contributed by atoms with Crippen LogP contribution in [0.25, 0.3) is 0 Å². The van der Waals surface area contributed by atoms with Gasteiger partial charge in [-0.1, -0.05) is 6.92 Å². The van der Waals surface area contributed by atoms with Crippen molar-refractivity contribution in [2.45, 2.75) is 19.3 Å². The van der Waals surface area contributed by atoms with Crippen LogP contribution >= 0.6 is 0 Å². The maximum Gasteiger partial charge on any atom is 0.159 e. The number of aliphatic hydroxyl groups excluding tert-OH is 1. The van der Waals surface area contributed by atoms with E-state index in [-0.39, 0.29) is 17.8 Å². The first kappa shape index (κ1) is 10.2. The Morgan fingerprint density at radius 2 is 2.33 bits per heavy atom. The molecule has 3 heteroatoms. The van der Waals surface area contributed by atoms with Crippen molar-refractivity contribution in [2.24, 2.45) is 0 Å². The summed E-state index contributed by atoms with van der Waals surface area (Å²) in [6.07, 6.45) is 0. The van der Waals surface area contributed by atoms with E-state index in [1.54, 1.807) is 6.92 Å². The smallest absolute Gasteiger partial charge is 0.159 e. The molecule has 1 heterocycles. The molecule has 0 aromatic heterocycles. The maximum atomic E-state index is 11.3. The third-order valence-corrected chi connectivity index (χ3v) is 3.09. The third-order valence-electron chi connectivity index (χ3n) is 3.09. The van der Waals surface area contributed by atoms with Crippen LogP contribution in [0, 0.1) is 0 Å². The molecule has 0 bridgehead atoms. The summed E-state index contributed by atoms with van der Waals surface area (Å²) in [6, 6.07) is 5.61. The summed E-state index contributed by atoms with van der Waals surface area (Å²) in [5.74, 6) is 0.0602. The zero-order valence-corrected chi connectivity index (χ0v) is 9.00. The van der Waals surface area contributed by atoms with Gasteiger partial charge >= 0.3 is 0 Å². The number of hydrogen-bond donors (Lipinski definition) is 2. The lowest BCUT2D eigenvalue weighted by Crippen LogP contribution is -2.28. The van der Waals surface area contributed by atoms with Crippen molar-refractivity contribution < 1.29 is 9.90 Å². The van der Waals surface area contributed by atoms with Gasteiger partial charge in [-0.25, -0.2) is 0 Å². The monoisotopic (exact) mass is 205 g/mol. The number of nitrogens with one attached hydrogen (secondary N) is 1. The largest absolute Gasteiger partial charge is 0.395 e. The summed E-state index contributed by atoms with van der Waals surface area (Å²) in [6.45, 7) is 4.37. The molecule has 1 aliphatic heterocycles. The summed E-state index contributed by atoms with van der Waals surface area (Å²) in [5.41, 5.74) is 2.51. The molecule has 0 aliphatic carbocycles. The molecule has 2 N–H and O–H groups in total. The van der Waals surface area contributed by atoms with Crippen LogP contribution in [0.5, 0.6) is 0 Å². The maximum absolute atomic E-state index is 11.3. The van der Waals surface area contributed by atoms with E-state index in [0.29, 0.717) is 5.56 Å². The molecule has 3 nitrogen and oxygen atoms in total. The van der Waals surface area contributed by atoms with Crippen LogP contribution in [0.2, 0.25) is 0 Å². The first-order chi connectivity index (χ1) is 7.07. The van der Waals surface area contributed by atoms with Gasteiger partial charge in [-0.05, 0) is 30.7 Å². The molecular weight excluding hydrogens is 190 g/mol. The van der Waals surface area contributed by atoms with Crippen LogP contribution in [-0.4, -0.2) is 24.0 Å². The zero-order valence-electron chi connectivity index (χ0n) is 9.00. The van der Waals surface area contributed by atoms with E-state index in [1.807, 2.05) is 25.1 Å². The summed E-state index contributed by atoms with van der Waals surface area (Å²) < 4.78 is 0. The van der Waals surface area contributed by atoms with Crippen molar-refractivity contribution in [1.82, 2.24) is 0 Å². The molecule has 0 amide bonds. The van der Waals surface area contributed by atoms with Gasteiger partial charge < -0.3 is 10.4 Å². The standard InChI is InChI=1S/C12H15NO2/c1-8(15)9-3-4-11-10(5-9)12(2,7-14)6-13-11/h3-5,13-14H,6-7H2,1-2H3. The SMILES string of the molecule is CC(=O)c1ccc2c(c1)C(C)(CO)CN2. The lowest BCUT2D eigenvalue weighted by atomic mass is 9.84. The molecule has 0 saturated carbocycles. The molecule has 0 spiro atoms. The predicted molar refractivity (Wildman–Crippen MR) is 59.4 cm³/mol. The number of rotatable bonds is 2. The number of carbonyl (C=O) groups excluding carboxylic acids is 1. The van der Waals surface area contributed by atoms with Crippen LogP contribution in [0.3, 0.4) is 0 Å². The number of Topliss-reactive ketones (excluding diaryl/α,β-unsaturated/α-hetero) is 1. The fourth-order valence-electron chi connectivity index (χ4n) is 1.94. The van der Waals surface area contributed by atoms with Crippen molar-refractivity contribution >= 4 is 11.5 Å². The van der Waals surface area contributed by atoms with Gasteiger partial charge in [-0.2, -0.15) is 0 Å². The molecule has 1 aliphatic rings. The Kier molecular flexibility index (Phi) is 2.27. The van der Waals surface area contributed by atoms with Gasteiger partial charge in [0.2, 0.25) is 0 Å². The zero-order chi connectivity index (χ0) is 11.1. The molecule has 0 radical (unpaired) electrons. The lowest BCUT2D eigenvalue weighted by Gasteiger charge is -2.20. The van der Waals surface area contributed by atoms with Crippen LogP contribution < -0.4 is 5.32 Å². The summed E-state index contributed by atoms with van der Waals surface area (Å²) in [5, 5.41) is 12.6. The molecule has 80 valence electrons. The van der Waals surface area contributed by atoms with Crippen molar-refractivity contribution in [3.8, 4) is 0 Å². The Morgan fingerprint density at radius 3 is 2.93 bits per heavy atom. The molecule has 0 saturated heterocycles. The fraction of sp³-hybridized carbons (Fsp3) is 0.417. The van der Waals surface area contributed by atoms with Crippen molar-refractivity contribution in [1.29, 1.82) is 0 Å². The highest BCUT2D eigenvalue weighted by atomic mass is 16.3. The Bertz CT molecular complexity index is 414. The topological polar surface area (TPSA) is 49.3 Å². The van der Waals surface area contributed by atoms with Crippen LogP contribution in [0.4, 0.5) is 5.69 Å². The van der Waals surface area contributed by atoms with E-state index < -0.39 is 0 Å². The van der Waals surface area contributed by atoms with Gasteiger partial charge in [0.1, 0.15) is 0 Å². The number of benzene rings is 1. The number of ketones is 1. The number of carbonyl (C=O) groups is 1. The Morgan fingerprint density at radius 1 is 1.60 bits per heavy atom. The lowest BCUT2D eigenvalue weighted by molar-refractivity contribution is 0.101. The van der Waals surface area contributed by atoms with Gasteiger partial charge in [0.05, 0.1) is 6.61 Å². The molecule has 15 heavy (non-hydrogen) atoms. The second-order valence-corrected chi connectivity index (χ2v) is 4.39. The first-order valence-electron chi connectivity index (χ1n) is 5.07. The van der Waals surface area contributed by atoms with E-state index in [2.05, 4.69) is 5.32 Å². The summed E-state index contributed by atoms with van der Waals surface area (Å²) in [7, 11) is 0. The fourth-order valence-corrected chi connectivity index (χ4v) is 1.94. The average Bonchev–Trinajstić information content (AvgIpc) is 2.57. The van der Waals surface area contributed by atoms with E-state index in [1.165, 1.54) is 0 Å². The Labute approximate surface area is 89.1 Å². The number of fused-ring (bicyclic) bond motifs is 1. The van der Waals surface area contributed by atoms with E-state index >= 15 is 0 Å². The minimum atomic E-state index is -0.263. The van der Waals surface area contributed by atoms with Gasteiger partial charge in [0, 0.05) is 23.2 Å². The van der Waals surface area contributed by atoms with Crippen LogP contribution in [0.1, 0.15) is 29.8 Å². The minimum absolute atomic E-state index is 0.0602. The van der Waals surface area contributed by atoms with Crippen molar-refractivity contribution in [3.63, 3.8) is 0 Å². The highest BCUT2D eigenvalue weighted by Gasteiger charge is 2.33. The van der Waals surface area contributed by atoms with E-state index in [4.69, 9.17) is 0 Å². The van der Waals surface area contributed by atoms with Crippen LogP contribution in [0.15, 0.2) is 18.2 Å². The molecule has 1 aromatic carbocycles. The van der Waals surface area contributed by atoms with Gasteiger partial charge in [0.15, 0.2) is 5.78 Å². The predicted octanol–water partition coefficient (Wildman–Crippen LogP) is 1.56. The molecule has 1 aromatic rings. The molecular formula is C12H15NO2. The third kappa shape index (κ3) is 1.53. The van der Waals surface area contributed by atoms with E-state index in [9.17, 15) is 9.90 Å². The molecule has 1 atom stereocenters. The second-order valence-electron chi connectivity index (χ2n) is 4.39. The molecule has 0 fully saturated rings. The van der Waals surface area contributed by atoms with Gasteiger partial charge in [-0.15, -0.1) is 0 Å². The average molecular weight is 205 g/mol. The Hall–Kier alpha value is -1.35. The summed E-state index contributed by atoms with van der Waals surface area (Å²) in [4.78, 5) is 11.3. The molecule has 1 unspecified atom stereocenters.